The van der Waals surface area contributed by atoms with E-state index in [-0.39, 0.29) is 12.6 Å². The summed E-state index contributed by atoms with van der Waals surface area (Å²) in [5, 5.41) is 2.40. The summed E-state index contributed by atoms with van der Waals surface area (Å²) in [6.07, 6.45) is 1.54. The molecule has 0 saturated carbocycles. The quantitative estimate of drug-likeness (QED) is 0.636. The molecule has 0 aliphatic carbocycles. The Bertz CT molecular complexity index is 735. The SMILES string of the molecule is CC(C)N1C(=O)C(=O)N(Cc2csc(-c3ccco3)n2)C1=O. The van der Waals surface area contributed by atoms with Crippen molar-refractivity contribution in [2.75, 3.05) is 0 Å². The van der Waals surface area contributed by atoms with Crippen LogP contribution in [0, 0.1) is 0 Å². The minimum atomic E-state index is -0.814. The summed E-state index contributed by atoms with van der Waals surface area (Å²) in [5.41, 5.74) is 0.538. The van der Waals surface area contributed by atoms with Gasteiger partial charge in [0.2, 0.25) is 0 Å². The number of imide groups is 2. The van der Waals surface area contributed by atoms with Crippen LogP contribution in [0.2, 0.25) is 0 Å². The van der Waals surface area contributed by atoms with Crippen LogP contribution in [0.25, 0.3) is 10.8 Å². The first-order valence-corrected chi connectivity index (χ1v) is 7.54. The lowest BCUT2D eigenvalue weighted by atomic mass is 10.3. The Kier molecular flexibility index (Phi) is 3.53. The van der Waals surface area contributed by atoms with Crippen LogP contribution in [0.5, 0.6) is 0 Å². The first-order chi connectivity index (χ1) is 10.5. The second-order valence-electron chi connectivity index (χ2n) is 5.06. The van der Waals surface area contributed by atoms with E-state index in [1.54, 1.807) is 37.6 Å². The van der Waals surface area contributed by atoms with Gasteiger partial charge in [0.05, 0.1) is 18.5 Å². The second kappa shape index (κ2) is 5.38. The molecule has 2 aromatic rings. The van der Waals surface area contributed by atoms with Crippen molar-refractivity contribution < 1.29 is 18.8 Å². The van der Waals surface area contributed by atoms with Crippen molar-refractivity contribution in [1.82, 2.24) is 14.8 Å². The van der Waals surface area contributed by atoms with E-state index in [9.17, 15) is 14.4 Å². The molecule has 0 unspecified atom stereocenters. The molecule has 1 saturated heterocycles. The van der Waals surface area contributed by atoms with E-state index in [1.807, 2.05) is 0 Å². The molecule has 1 fully saturated rings. The molecule has 0 radical (unpaired) electrons. The van der Waals surface area contributed by atoms with Gasteiger partial charge in [-0.05, 0) is 26.0 Å². The van der Waals surface area contributed by atoms with Gasteiger partial charge in [-0.3, -0.25) is 14.5 Å². The number of carbonyl (C=O) groups is 3. The predicted molar refractivity (Wildman–Crippen MR) is 77.7 cm³/mol. The van der Waals surface area contributed by atoms with Crippen molar-refractivity contribution in [2.24, 2.45) is 0 Å². The summed E-state index contributed by atoms with van der Waals surface area (Å²) in [6, 6.07) is 2.57. The summed E-state index contributed by atoms with van der Waals surface area (Å²) in [7, 11) is 0. The van der Waals surface area contributed by atoms with E-state index in [0.717, 1.165) is 9.80 Å². The normalized spacial score (nSPS) is 15.5. The molecule has 3 rings (SSSR count). The molecular weight excluding hydrogens is 306 g/mol. The molecule has 2 aromatic heterocycles. The summed E-state index contributed by atoms with van der Waals surface area (Å²) in [4.78, 5) is 42.2. The molecule has 3 heterocycles. The summed E-state index contributed by atoms with van der Waals surface area (Å²) in [6.45, 7) is 3.35. The number of amides is 4. The van der Waals surface area contributed by atoms with Gasteiger partial charge in [0, 0.05) is 11.4 Å². The lowest BCUT2D eigenvalue weighted by Gasteiger charge is -2.17. The molecule has 114 valence electrons. The molecule has 0 atom stereocenters. The van der Waals surface area contributed by atoms with Crippen LogP contribution in [0.4, 0.5) is 4.79 Å². The fourth-order valence-corrected chi connectivity index (χ4v) is 2.95. The number of urea groups is 1. The second-order valence-corrected chi connectivity index (χ2v) is 5.92. The van der Waals surface area contributed by atoms with Crippen molar-refractivity contribution in [2.45, 2.75) is 26.4 Å². The van der Waals surface area contributed by atoms with E-state index in [0.29, 0.717) is 16.5 Å². The molecule has 1 aliphatic rings. The van der Waals surface area contributed by atoms with Crippen LogP contribution >= 0.6 is 11.3 Å². The maximum atomic E-state index is 12.2. The Hall–Kier alpha value is -2.48. The molecule has 22 heavy (non-hydrogen) atoms. The molecule has 4 amide bonds. The summed E-state index contributed by atoms with van der Waals surface area (Å²) < 4.78 is 5.25. The van der Waals surface area contributed by atoms with Gasteiger partial charge in [0.1, 0.15) is 0 Å². The van der Waals surface area contributed by atoms with Crippen molar-refractivity contribution in [3.8, 4) is 10.8 Å². The highest BCUT2D eigenvalue weighted by molar-refractivity contribution is 7.13. The highest BCUT2D eigenvalue weighted by atomic mass is 32.1. The van der Waals surface area contributed by atoms with Crippen LogP contribution in [-0.4, -0.2) is 38.7 Å². The van der Waals surface area contributed by atoms with E-state index < -0.39 is 17.8 Å². The number of hydrogen-bond acceptors (Lipinski definition) is 6. The van der Waals surface area contributed by atoms with Gasteiger partial charge in [-0.2, -0.15) is 0 Å². The molecule has 0 N–H and O–H groups in total. The fraction of sp³-hybridized carbons (Fsp3) is 0.286. The minimum absolute atomic E-state index is 0.0240. The Morgan fingerprint density at radius 1 is 1.27 bits per heavy atom. The zero-order valence-corrected chi connectivity index (χ0v) is 12.8. The maximum absolute atomic E-state index is 12.2. The highest BCUT2D eigenvalue weighted by Crippen LogP contribution is 2.25. The number of hydrogen-bond donors (Lipinski definition) is 0. The standard InChI is InChI=1S/C14H13N3O4S/c1-8(2)17-13(19)12(18)16(14(17)20)6-9-7-22-11(15-9)10-4-3-5-21-10/h3-5,7-8H,6H2,1-2H3. The molecule has 8 heteroatoms. The maximum Gasteiger partial charge on any atom is 0.334 e. The van der Waals surface area contributed by atoms with E-state index in [1.165, 1.54) is 11.3 Å². The predicted octanol–water partition coefficient (Wildman–Crippen LogP) is 2.10. The topological polar surface area (TPSA) is 83.7 Å². The van der Waals surface area contributed by atoms with E-state index in [2.05, 4.69) is 4.98 Å². The third-order valence-electron chi connectivity index (χ3n) is 3.20. The fourth-order valence-electron chi connectivity index (χ4n) is 2.17. The molecule has 0 spiro atoms. The van der Waals surface area contributed by atoms with Crippen molar-refractivity contribution >= 4 is 29.2 Å². The molecular formula is C14H13N3O4S. The van der Waals surface area contributed by atoms with Gasteiger partial charge in [-0.15, -0.1) is 11.3 Å². The summed E-state index contributed by atoms with van der Waals surface area (Å²) in [5.74, 6) is -0.983. The molecule has 1 aliphatic heterocycles. The molecule has 0 bridgehead atoms. The van der Waals surface area contributed by atoms with Crippen molar-refractivity contribution in [3.63, 3.8) is 0 Å². The molecule has 7 nitrogen and oxygen atoms in total. The Labute approximate surface area is 130 Å². The minimum Gasteiger partial charge on any atom is -0.462 e. The van der Waals surface area contributed by atoms with Gasteiger partial charge in [0.15, 0.2) is 10.8 Å². The lowest BCUT2D eigenvalue weighted by Crippen LogP contribution is -2.37. The van der Waals surface area contributed by atoms with Gasteiger partial charge in [-0.1, -0.05) is 0 Å². The number of nitrogens with zero attached hydrogens (tertiary/aromatic N) is 3. The van der Waals surface area contributed by atoms with Crippen LogP contribution in [0.1, 0.15) is 19.5 Å². The Morgan fingerprint density at radius 2 is 2.05 bits per heavy atom. The number of aromatic nitrogens is 1. The van der Waals surface area contributed by atoms with Crippen LogP contribution in [-0.2, 0) is 16.1 Å². The third-order valence-corrected chi connectivity index (χ3v) is 4.11. The highest BCUT2D eigenvalue weighted by Gasteiger charge is 2.45. The molecule has 0 aromatic carbocycles. The number of furan rings is 1. The van der Waals surface area contributed by atoms with Crippen LogP contribution < -0.4 is 0 Å². The Morgan fingerprint density at radius 3 is 2.64 bits per heavy atom. The Balaban J connectivity index is 1.80. The van der Waals surface area contributed by atoms with E-state index in [4.69, 9.17) is 4.42 Å². The van der Waals surface area contributed by atoms with Crippen LogP contribution in [0.3, 0.4) is 0 Å². The number of rotatable bonds is 4. The zero-order valence-electron chi connectivity index (χ0n) is 12.0. The van der Waals surface area contributed by atoms with Gasteiger partial charge in [-0.25, -0.2) is 14.7 Å². The van der Waals surface area contributed by atoms with E-state index >= 15 is 0 Å². The van der Waals surface area contributed by atoms with Crippen molar-refractivity contribution in [3.05, 3.63) is 29.5 Å². The number of thiazole rings is 1. The van der Waals surface area contributed by atoms with Crippen molar-refractivity contribution in [1.29, 1.82) is 0 Å². The zero-order chi connectivity index (χ0) is 15.9. The third kappa shape index (κ3) is 2.31. The smallest absolute Gasteiger partial charge is 0.334 e. The lowest BCUT2D eigenvalue weighted by molar-refractivity contribution is -0.144. The van der Waals surface area contributed by atoms with Gasteiger partial charge < -0.3 is 4.42 Å². The van der Waals surface area contributed by atoms with Gasteiger partial charge in [0.25, 0.3) is 0 Å². The van der Waals surface area contributed by atoms with Crippen LogP contribution in [0.15, 0.2) is 28.2 Å². The average molecular weight is 319 g/mol. The number of carbonyl (C=O) groups excluding carboxylic acids is 3. The largest absolute Gasteiger partial charge is 0.462 e. The van der Waals surface area contributed by atoms with Gasteiger partial charge >= 0.3 is 17.8 Å². The summed E-state index contributed by atoms with van der Waals surface area (Å²) >= 11 is 1.35. The first kappa shape index (κ1) is 14.5. The first-order valence-electron chi connectivity index (χ1n) is 6.66. The average Bonchev–Trinajstić information content (AvgIpc) is 3.17. The monoisotopic (exact) mass is 319 g/mol.